The third kappa shape index (κ3) is 5.20. The Hall–Kier alpha value is -2.26. The van der Waals surface area contributed by atoms with E-state index in [0.29, 0.717) is 51.6 Å². The minimum atomic E-state index is -3.68. The first-order valence-electron chi connectivity index (χ1n) is 11.1. The maximum Gasteiger partial charge on any atom is 0.254 e. The fourth-order valence-corrected chi connectivity index (χ4v) is 5.59. The van der Waals surface area contributed by atoms with Crippen LogP contribution in [0, 0.1) is 6.92 Å². The molecule has 8 heteroatoms. The van der Waals surface area contributed by atoms with Crippen molar-refractivity contribution in [2.45, 2.75) is 37.3 Å². The number of carbonyl (C=O) groups is 1. The lowest BCUT2D eigenvalue weighted by atomic mass is 10.1. The van der Waals surface area contributed by atoms with Gasteiger partial charge in [0.1, 0.15) is 0 Å². The van der Waals surface area contributed by atoms with Gasteiger partial charge >= 0.3 is 0 Å². The van der Waals surface area contributed by atoms with E-state index in [1.54, 1.807) is 17.0 Å². The van der Waals surface area contributed by atoms with Crippen LogP contribution < -0.4 is 0 Å². The van der Waals surface area contributed by atoms with E-state index < -0.39 is 10.0 Å². The fraction of sp³-hybridized carbons (Fsp3) is 0.458. The highest BCUT2D eigenvalue weighted by Gasteiger charge is 2.29. The first-order valence-corrected chi connectivity index (χ1v) is 12.5. The van der Waals surface area contributed by atoms with Gasteiger partial charge in [-0.1, -0.05) is 36.4 Å². The van der Waals surface area contributed by atoms with Crippen molar-refractivity contribution < 1.29 is 22.7 Å². The van der Waals surface area contributed by atoms with E-state index in [0.717, 1.165) is 24.0 Å². The number of rotatable bonds is 7. The Morgan fingerprint density at radius 2 is 1.84 bits per heavy atom. The van der Waals surface area contributed by atoms with Crippen LogP contribution in [-0.4, -0.2) is 69.1 Å². The first kappa shape index (κ1) is 22.9. The number of hydrogen-bond acceptors (Lipinski definition) is 5. The summed E-state index contributed by atoms with van der Waals surface area (Å²) < 4.78 is 38.8. The highest BCUT2D eigenvalue weighted by atomic mass is 32.2. The Bertz CT molecular complexity index is 1030. The van der Waals surface area contributed by atoms with E-state index in [2.05, 4.69) is 0 Å². The van der Waals surface area contributed by atoms with Gasteiger partial charge in [0, 0.05) is 38.3 Å². The maximum absolute atomic E-state index is 13.7. The monoisotopic (exact) mass is 458 g/mol. The topological polar surface area (TPSA) is 76.2 Å². The molecule has 1 unspecified atom stereocenters. The van der Waals surface area contributed by atoms with Gasteiger partial charge in [-0.2, -0.15) is 4.31 Å². The average molecular weight is 459 g/mol. The first-order chi connectivity index (χ1) is 15.4. The predicted molar refractivity (Wildman–Crippen MR) is 121 cm³/mol. The molecule has 0 saturated carbocycles. The Morgan fingerprint density at radius 3 is 2.53 bits per heavy atom. The summed E-state index contributed by atoms with van der Waals surface area (Å²) in [6, 6.07) is 14.6. The standard InChI is InChI=1S/C24H30N2O5S/c1-19-9-10-22(32(28,29)26-11-14-30-15-12-26)16-23(19)24(27)25(18-21-8-5-13-31-21)17-20-6-3-2-4-7-20/h2-4,6-7,9-10,16,21H,5,8,11-15,17-18H2,1H3. The van der Waals surface area contributed by atoms with Crippen molar-refractivity contribution in [3.05, 3.63) is 65.2 Å². The number of aryl methyl sites for hydroxylation is 1. The molecule has 0 aliphatic carbocycles. The summed E-state index contributed by atoms with van der Waals surface area (Å²) in [6.45, 7) is 4.87. The van der Waals surface area contributed by atoms with Gasteiger partial charge in [0.2, 0.25) is 10.0 Å². The SMILES string of the molecule is Cc1ccc(S(=O)(=O)N2CCOCC2)cc1C(=O)N(Cc1ccccc1)CC1CCCO1. The number of morpholine rings is 1. The molecule has 1 atom stereocenters. The van der Waals surface area contributed by atoms with Crippen molar-refractivity contribution in [2.75, 3.05) is 39.5 Å². The summed E-state index contributed by atoms with van der Waals surface area (Å²) in [7, 11) is -3.68. The van der Waals surface area contributed by atoms with E-state index in [9.17, 15) is 13.2 Å². The number of carbonyl (C=O) groups excluding carboxylic acids is 1. The number of nitrogens with zero attached hydrogens (tertiary/aromatic N) is 2. The molecule has 0 spiro atoms. The average Bonchev–Trinajstić information content (AvgIpc) is 3.33. The van der Waals surface area contributed by atoms with E-state index >= 15 is 0 Å². The molecule has 2 saturated heterocycles. The Labute approximate surface area is 190 Å². The molecule has 0 radical (unpaired) electrons. The van der Waals surface area contributed by atoms with E-state index in [1.807, 2.05) is 37.3 Å². The highest BCUT2D eigenvalue weighted by molar-refractivity contribution is 7.89. The highest BCUT2D eigenvalue weighted by Crippen LogP contribution is 2.23. The summed E-state index contributed by atoms with van der Waals surface area (Å²) >= 11 is 0. The molecular weight excluding hydrogens is 428 g/mol. The summed E-state index contributed by atoms with van der Waals surface area (Å²) in [5.41, 5.74) is 2.18. The van der Waals surface area contributed by atoms with Crippen molar-refractivity contribution in [3.63, 3.8) is 0 Å². The van der Waals surface area contributed by atoms with E-state index in [4.69, 9.17) is 9.47 Å². The van der Waals surface area contributed by atoms with Crippen LogP contribution in [0.15, 0.2) is 53.4 Å². The van der Waals surface area contributed by atoms with Gasteiger partial charge in [0.05, 0.1) is 24.2 Å². The van der Waals surface area contributed by atoms with Gasteiger partial charge in [0.15, 0.2) is 0 Å². The number of amides is 1. The van der Waals surface area contributed by atoms with Gasteiger partial charge < -0.3 is 14.4 Å². The zero-order chi connectivity index (χ0) is 22.6. The molecule has 2 heterocycles. The van der Waals surface area contributed by atoms with Crippen LogP contribution in [0.2, 0.25) is 0 Å². The largest absolute Gasteiger partial charge is 0.379 e. The Morgan fingerprint density at radius 1 is 1.09 bits per heavy atom. The molecule has 2 aromatic rings. The predicted octanol–water partition coefficient (Wildman–Crippen LogP) is 2.84. The molecule has 32 heavy (non-hydrogen) atoms. The van der Waals surface area contributed by atoms with Gasteiger partial charge in [-0.15, -0.1) is 0 Å². The van der Waals surface area contributed by atoms with Crippen LogP contribution in [0.3, 0.4) is 0 Å². The molecule has 7 nitrogen and oxygen atoms in total. The minimum Gasteiger partial charge on any atom is -0.379 e. The van der Waals surface area contributed by atoms with Gasteiger partial charge in [0.25, 0.3) is 5.91 Å². The van der Waals surface area contributed by atoms with E-state index in [1.165, 1.54) is 10.4 Å². The van der Waals surface area contributed by atoms with Crippen molar-refractivity contribution >= 4 is 15.9 Å². The van der Waals surface area contributed by atoms with Crippen LogP contribution >= 0.6 is 0 Å². The summed E-state index contributed by atoms with van der Waals surface area (Å²) in [5, 5.41) is 0. The van der Waals surface area contributed by atoms with Crippen LogP contribution in [0.1, 0.15) is 34.3 Å². The number of hydrogen-bond donors (Lipinski definition) is 0. The van der Waals surface area contributed by atoms with Gasteiger partial charge in [-0.25, -0.2) is 8.42 Å². The molecule has 172 valence electrons. The number of sulfonamides is 1. The lowest BCUT2D eigenvalue weighted by Gasteiger charge is -2.28. The lowest BCUT2D eigenvalue weighted by molar-refractivity contribution is 0.0506. The third-order valence-corrected chi connectivity index (χ3v) is 7.89. The quantitative estimate of drug-likeness (QED) is 0.638. The molecule has 0 N–H and O–H groups in total. The molecule has 0 aromatic heterocycles. The zero-order valence-electron chi connectivity index (χ0n) is 18.4. The molecule has 4 rings (SSSR count). The van der Waals surface area contributed by atoms with Crippen LogP contribution in [0.5, 0.6) is 0 Å². The van der Waals surface area contributed by atoms with Crippen molar-refractivity contribution in [1.29, 1.82) is 0 Å². The minimum absolute atomic E-state index is 0.00299. The second kappa shape index (κ2) is 10.1. The van der Waals surface area contributed by atoms with Crippen molar-refractivity contribution in [1.82, 2.24) is 9.21 Å². The van der Waals surface area contributed by atoms with Crippen molar-refractivity contribution in [2.24, 2.45) is 0 Å². The second-order valence-corrected chi connectivity index (χ2v) is 10.2. The second-order valence-electron chi connectivity index (χ2n) is 8.30. The number of ether oxygens (including phenoxy) is 2. The van der Waals surface area contributed by atoms with Crippen LogP contribution in [0.4, 0.5) is 0 Å². The molecule has 2 fully saturated rings. The third-order valence-electron chi connectivity index (χ3n) is 6.00. The van der Waals surface area contributed by atoms with Crippen LogP contribution in [-0.2, 0) is 26.0 Å². The van der Waals surface area contributed by atoms with Gasteiger partial charge in [-0.05, 0) is 43.0 Å². The van der Waals surface area contributed by atoms with E-state index in [-0.39, 0.29) is 16.9 Å². The fourth-order valence-electron chi connectivity index (χ4n) is 4.16. The maximum atomic E-state index is 13.7. The summed E-state index contributed by atoms with van der Waals surface area (Å²) in [6.07, 6.45) is 1.91. The molecule has 2 aromatic carbocycles. The summed E-state index contributed by atoms with van der Waals surface area (Å²) in [4.78, 5) is 15.6. The normalized spacial score (nSPS) is 19.7. The molecule has 2 aliphatic rings. The molecule has 0 bridgehead atoms. The smallest absolute Gasteiger partial charge is 0.254 e. The molecular formula is C24H30N2O5S. The lowest BCUT2D eigenvalue weighted by Crippen LogP contribution is -2.41. The van der Waals surface area contributed by atoms with Crippen LogP contribution in [0.25, 0.3) is 0 Å². The molecule has 1 amide bonds. The Balaban J connectivity index is 1.62. The van der Waals surface area contributed by atoms with Crippen molar-refractivity contribution in [3.8, 4) is 0 Å². The zero-order valence-corrected chi connectivity index (χ0v) is 19.2. The molecule has 2 aliphatic heterocycles. The number of benzene rings is 2. The van der Waals surface area contributed by atoms with Gasteiger partial charge in [-0.3, -0.25) is 4.79 Å². The summed E-state index contributed by atoms with van der Waals surface area (Å²) in [5.74, 6) is -0.180. The Kier molecular flexibility index (Phi) is 7.25.